The van der Waals surface area contributed by atoms with Crippen LogP contribution in [0.15, 0.2) is 41.7 Å². The molecule has 162 valence electrons. The summed E-state index contributed by atoms with van der Waals surface area (Å²) in [5.41, 5.74) is 2.86. The molecule has 31 heavy (non-hydrogen) atoms. The van der Waals surface area contributed by atoms with Crippen LogP contribution in [0.5, 0.6) is 5.88 Å². The largest absolute Gasteiger partial charge is 0.471 e. The first-order chi connectivity index (χ1) is 15.2. The molecule has 2 fully saturated rings. The molecule has 1 atom stereocenters. The maximum atomic E-state index is 11.5. The Bertz CT molecular complexity index is 1120. The van der Waals surface area contributed by atoms with Crippen molar-refractivity contribution in [2.24, 2.45) is 7.05 Å². The van der Waals surface area contributed by atoms with E-state index in [0.717, 1.165) is 68.0 Å². The Labute approximate surface area is 180 Å². The smallest absolute Gasteiger partial charge is 0.268 e. The highest BCUT2D eigenvalue weighted by molar-refractivity contribution is 5.86. The van der Waals surface area contributed by atoms with Crippen LogP contribution in [0.1, 0.15) is 12.1 Å². The molecule has 0 aliphatic carbocycles. The van der Waals surface area contributed by atoms with Gasteiger partial charge in [-0.1, -0.05) is 0 Å². The van der Waals surface area contributed by atoms with Crippen molar-refractivity contribution in [1.29, 1.82) is 0 Å². The summed E-state index contributed by atoms with van der Waals surface area (Å²) in [4.78, 5) is 29.3. The topological polar surface area (TPSA) is 85.6 Å². The van der Waals surface area contributed by atoms with E-state index in [9.17, 15) is 4.79 Å². The van der Waals surface area contributed by atoms with Gasteiger partial charge in [-0.05, 0) is 18.2 Å². The molecule has 1 aromatic carbocycles. The van der Waals surface area contributed by atoms with E-state index in [1.165, 1.54) is 6.20 Å². The number of benzene rings is 1. The number of aryl methyl sites for hydroxylation is 1. The average molecular weight is 422 g/mol. The number of hydrogen-bond acceptors (Lipinski definition) is 8. The minimum atomic E-state index is -0.0855. The molecule has 0 radical (unpaired) electrons. The zero-order chi connectivity index (χ0) is 21.2. The molecule has 4 heterocycles. The van der Waals surface area contributed by atoms with Gasteiger partial charge >= 0.3 is 0 Å². The van der Waals surface area contributed by atoms with Crippen molar-refractivity contribution in [3.8, 4) is 5.88 Å². The molecule has 0 spiro atoms. The third-order valence-electron chi connectivity index (χ3n) is 5.90. The maximum Gasteiger partial charge on any atom is 0.268 e. The first-order valence-corrected chi connectivity index (χ1v) is 10.6. The van der Waals surface area contributed by atoms with Crippen LogP contribution in [-0.2, 0) is 18.3 Å². The van der Waals surface area contributed by atoms with Crippen LogP contribution < -0.4 is 15.2 Å². The van der Waals surface area contributed by atoms with Gasteiger partial charge in [-0.25, -0.2) is 9.97 Å². The van der Waals surface area contributed by atoms with Gasteiger partial charge in [0.1, 0.15) is 12.4 Å². The van der Waals surface area contributed by atoms with Gasteiger partial charge in [0, 0.05) is 58.1 Å². The Kier molecular flexibility index (Phi) is 5.52. The fraction of sp³-hybridized carbons (Fsp3) is 0.455. The number of ether oxygens (including phenoxy) is 2. The average Bonchev–Trinajstić information content (AvgIpc) is 3.30. The van der Waals surface area contributed by atoms with Gasteiger partial charge in [-0.2, -0.15) is 0 Å². The molecule has 2 saturated heterocycles. The monoisotopic (exact) mass is 422 g/mol. The molecule has 9 heteroatoms. The van der Waals surface area contributed by atoms with E-state index in [4.69, 9.17) is 9.47 Å². The molecule has 5 rings (SSSR count). The summed E-state index contributed by atoms with van der Waals surface area (Å²) in [6.07, 6.45) is 5.70. The molecule has 0 N–H and O–H groups in total. The quantitative estimate of drug-likeness (QED) is 0.607. The van der Waals surface area contributed by atoms with Crippen LogP contribution in [0.4, 0.5) is 5.69 Å². The first kappa shape index (κ1) is 19.9. The maximum absolute atomic E-state index is 11.5. The Morgan fingerprint density at radius 2 is 2.03 bits per heavy atom. The third kappa shape index (κ3) is 4.38. The van der Waals surface area contributed by atoms with Crippen molar-refractivity contribution in [3.63, 3.8) is 0 Å². The highest BCUT2D eigenvalue weighted by Crippen LogP contribution is 2.29. The summed E-state index contributed by atoms with van der Waals surface area (Å²) < 4.78 is 13.1. The lowest BCUT2D eigenvalue weighted by Gasteiger charge is -2.36. The van der Waals surface area contributed by atoms with Crippen molar-refractivity contribution < 1.29 is 9.47 Å². The molecule has 2 aliphatic rings. The molecule has 0 bridgehead atoms. The second kappa shape index (κ2) is 8.60. The van der Waals surface area contributed by atoms with E-state index in [-0.39, 0.29) is 11.7 Å². The minimum Gasteiger partial charge on any atom is -0.471 e. The Hall–Kier alpha value is -3.04. The highest BCUT2D eigenvalue weighted by atomic mass is 16.5. The molecule has 2 aliphatic heterocycles. The van der Waals surface area contributed by atoms with E-state index >= 15 is 0 Å². The van der Waals surface area contributed by atoms with Gasteiger partial charge in [-0.15, -0.1) is 0 Å². The highest BCUT2D eigenvalue weighted by Gasteiger charge is 2.21. The van der Waals surface area contributed by atoms with Crippen LogP contribution in [0.3, 0.4) is 0 Å². The van der Waals surface area contributed by atoms with Crippen LogP contribution in [-0.4, -0.2) is 69.9 Å². The van der Waals surface area contributed by atoms with E-state index in [1.807, 2.05) is 12.3 Å². The predicted molar refractivity (Wildman–Crippen MR) is 116 cm³/mol. The lowest BCUT2D eigenvalue weighted by Crippen LogP contribution is -2.46. The number of fused-ring (bicyclic) bond motifs is 1. The number of piperazine rings is 1. The minimum absolute atomic E-state index is 0.0522. The fourth-order valence-corrected chi connectivity index (χ4v) is 4.10. The first-order valence-electron chi connectivity index (χ1n) is 10.6. The summed E-state index contributed by atoms with van der Waals surface area (Å²) in [6, 6.07) is 6.28. The summed E-state index contributed by atoms with van der Waals surface area (Å²) >= 11 is 0. The van der Waals surface area contributed by atoms with Gasteiger partial charge in [0.15, 0.2) is 0 Å². The van der Waals surface area contributed by atoms with Crippen molar-refractivity contribution in [2.75, 3.05) is 44.3 Å². The molecule has 0 amide bonds. The number of aromatic nitrogens is 4. The van der Waals surface area contributed by atoms with Gasteiger partial charge in [0.05, 0.1) is 36.0 Å². The van der Waals surface area contributed by atoms with Crippen LogP contribution in [0.2, 0.25) is 0 Å². The molecule has 3 aromatic rings. The molecular formula is C22H26N6O3. The standard InChI is InChI=1S/C22H26N6O3/c1-26-12-16(23-11-21(26)29)13-27-5-7-28(8-6-27)17-2-3-20-19(10-17)22(25-15-24-20)31-18-4-9-30-14-18/h2-3,10-12,15,18H,4-9,13-14H2,1H3. The van der Waals surface area contributed by atoms with E-state index in [0.29, 0.717) is 12.5 Å². The molecular weight excluding hydrogens is 396 g/mol. The lowest BCUT2D eigenvalue weighted by molar-refractivity contribution is 0.139. The Morgan fingerprint density at radius 1 is 1.16 bits per heavy atom. The Morgan fingerprint density at radius 3 is 2.81 bits per heavy atom. The number of nitrogens with zero attached hydrogens (tertiary/aromatic N) is 6. The zero-order valence-electron chi connectivity index (χ0n) is 17.6. The van der Waals surface area contributed by atoms with Gasteiger partial charge in [0.25, 0.3) is 5.56 Å². The second-order valence-corrected chi connectivity index (χ2v) is 8.07. The summed E-state index contributed by atoms with van der Waals surface area (Å²) in [5.74, 6) is 0.627. The van der Waals surface area contributed by atoms with Gasteiger partial charge in [-0.3, -0.25) is 14.7 Å². The third-order valence-corrected chi connectivity index (χ3v) is 5.90. The zero-order valence-corrected chi connectivity index (χ0v) is 17.6. The summed E-state index contributed by atoms with van der Waals surface area (Å²) in [6.45, 7) is 5.77. The Balaban J connectivity index is 1.27. The summed E-state index contributed by atoms with van der Waals surface area (Å²) in [7, 11) is 1.76. The van der Waals surface area contributed by atoms with Crippen molar-refractivity contribution in [1.82, 2.24) is 24.4 Å². The van der Waals surface area contributed by atoms with E-state index < -0.39 is 0 Å². The van der Waals surface area contributed by atoms with Crippen LogP contribution in [0.25, 0.3) is 10.9 Å². The van der Waals surface area contributed by atoms with Crippen molar-refractivity contribution >= 4 is 16.6 Å². The molecule has 2 aromatic heterocycles. The van der Waals surface area contributed by atoms with E-state index in [2.05, 4.69) is 36.9 Å². The number of anilines is 1. The predicted octanol–water partition coefficient (Wildman–Crippen LogP) is 1.21. The molecule has 0 saturated carbocycles. The SMILES string of the molecule is Cn1cc(CN2CCN(c3ccc4ncnc(OC5CCOC5)c4c3)CC2)ncc1=O. The van der Waals surface area contributed by atoms with Gasteiger partial charge < -0.3 is 18.9 Å². The van der Waals surface area contributed by atoms with Crippen LogP contribution >= 0.6 is 0 Å². The molecule has 9 nitrogen and oxygen atoms in total. The normalized spacial score (nSPS) is 19.8. The number of hydrogen-bond donors (Lipinski definition) is 0. The van der Waals surface area contributed by atoms with Crippen molar-refractivity contribution in [3.05, 3.63) is 53.0 Å². The lowest BCUT2D eigenvalue weighted by atomic mass is 10.1. The fourth-order valence-electron chi connectivity index (χ4n) is 4.10. The van der Waals surface area contributed by atoms with E-state index in [1.54, 1.807) is 17.9 Å². The molecule has 1 unspecified atom stereocenters. The van der Waals surface area contributed by atoms with Crippen molar-refractivity contribution in [2.45, 2.75) is 19.1 Å². The number of rotatable bonds is 5. The second-order valence-electron chi connectivity index (χ2n) is 8.07. The summed E-state index contributed by atoms with van der Waals surface area (Å²) in [5, 5.41) is 0.934. The van der Waals surface area contributed by atoms with Gasteiger partial charge in [0.2, 0.25) is 5.88 Å². The van der Waals surface area contributed by atoms with Crippen LogP contribution in [0, 0.1) is 0 Å².